The van der Waals surface area contributed by atoms with Crippen molar-refractivity contribution in [2.75, 3.05) is 0 Å². The first-order valence-corrected chi connectivity index (χ1v) is 3.80. The topological polar surface area (TPSA) is 34.1 Å². The Balaban J connectivity index is 0. The molecule has 0 aliphatic rings. The van der Waals surface area contributed by atoms with Gasteiger partial charge in [0.15, 0.2) is 0 Å². The molecule has 0 fully saturated rings. The number of rotatable bonds is 0. The minimum absolute atomic E-state index is 0. The molecule has 1 radical (unpaired) electrons. The van der Waals surface area contributed by atoms with Crippen LogP contribution in [-0.2, 0) is 40.9 Å². The molecule has 0 aromatic rings. The molecule has 0 aliphatic carbocycles. The summed E-state index contributed by atoms with van der Waals surface area (Å²) in [6, 6.07) is 0. The Hall–Kier alpha value is 0.668. The van der Waals surface area contributed by atoms with E-state index in [-0.39, 0.29) is 17.1 Å². The van der Waals surface area contributed by atoms with Gasteiger partial charge in [-0.15, -0.1) is 0 Å². The molecule has 43 valence electrons. The molecule has 0 rings (SSSR count). The molecule has 0 saturated heterocycles. The SMILES string of the molecule is [Cu].[O]=[Mo](=[O])([F])[F]. The summed E-state index contributed by atoms with van der Waals surface area (Å²) in [7, 11) is 0. The normalized spacial score (nSPS) is 9.67. The maximum absolute atomic E-state index is 10.1. The Morgan fingerprint density at radius 1 is 1.17 bits per heavy atom. The molecule has 0 spiro atoms. The summed E-state index contributed by atoms with van der Waals surface area (Å²) >= 11 is -6.52. The van der Waals surface area contributed by atoms with E-state index in [4.69, 9.17) is 6.80 Å². The van der Waals surface area contributed by atoms with E-state index in [0.29, 0.717) is 0 Å². The summed E-state index contributed by atoms with van der Waals surface area (Å²) in [6.45, 7) is 0. The molecular formula is CuF2MoO2. The zero-order chi connectivity index (χ0) is 4.50. The molecule has 0 saturated carbocycles. The van der Waals surface area contributed by atoms with E-state index in [1.807, 2.05) is 0 Å². The van der Waals surface area contributed by atoms with Crippen molar-refractivity contribution in [1.29, 1.82) is 0 Å². The van der Waals surface area contributed by atoms with Crippen LogP contribution < -0.4 is 0 Å². The van der Waals surface area contributed by atoms with Crippen LogP contribution in [0.2, 0.25) is 0 Å². The van der Waals surface area contributed by atoms with Gasteiger partial charge in [0.2, 0.25) is 0 Å². The third-order valence-corrected chi connectivity index (χ3v) is 0. The summed E-state index contributed by atoms with van der Waals surface area (Å²) in [5, 5.41) is 0. The fourth-order valence-corrected chi connectivity index (χ4v) is 0. The molecule has 2 nitrogen and oxygen atoms in total. The first-order chi connectivity index (χ1) is 2.00. The quantitative estimate of drug-likeness (QED) is 0.570. The minimum atomic E-state index is -6.52. The monoisotopic (exact) mass is 231 g/mol. The van der Waals surface area contributed by atoms with Crippen LogP contribution >= 0.6 is 0 Å². The van der Waals surface area contributed by atoms with E-state index >= 15 is 0 Å². The molecule has 0 aromatic carbocycles. The maximum atomic E-state index is 10.1. The first kappa shape index (κ1) is 9.83. The molecule has 0 atom stereocenters. The van der Waals surface area contributed by atoms with E-state index in [0.717, 1.165) is 0 Å². The molecule has 0 aromatic heterocycles. The third-order valence-electron chi connectivity index (χ3n) is 0. The molecule has 0 aliphatic heterocycles. The Bertz CT molecular complexity index is 94.7. The van der Waals surface area contributed by atoms with Crippen molar-refractivity contribution in [3.05, 3.63) is 0 Å². The Morgan fingerprint density at radius 3 is 1.17 bits per heavy atom. The Labute approximate surface area is 47.5 Å². The van der Waals surface area contributed by atoms with E-state index < -0.39 is 17.0 Å². The van der Waals surface area contributed by atoms with Gasteiger partial charge in [-0.2, -0.15) is 0 Å². The van der Waals surface area contributed by atoms with Crippen LogP contribution in [0.15, 0.2) is 0 Å². The Kier molecular flexibility index (Phi) is 4.55. The third kappa shape index (κ3) is 141. The van der Waals surface area contributed by atoms with Crippen molar-refractivity contribution in [1.82, 2.24) is 0 Å². The molecule has 0 N–H and O–H groups in total. The second-order valence-electron chi connectivity index (χ2n) is 0.378. The number of halogens is 2. The predicted molar refractivity (Wildman–Crippen MR) is 3.59 cm³/mol. The van der Waals surface area contributed by atoms with Gasteiger partial charge in [0.1, 0.15) is 0 Å². The van der Waals surface area contributed by atoms with Gasteiger partial charge in [-0.1, -0.05) is 0 Å². The zero-order valence-electron chi connectivity index (χ0n) is 2.28. The van der Waals surface area contributed by atoms with Crippen LogP contribution in [0.1, 0.15) is 0 Å². The second-order valence-corrected chi connectivity index (χ2v) is 2.24. The van der Waals surface area contributed by atoms with Gasteiger partial charge in [0.25, 0.3) is 0 Å². The van der Waals surface area contributed by atoms with E-state index in [1.54, 1.807) is 0 Å². The summed E-state index contributed by atoms with van der Waals surface area (Å²) in [5.41, 5.74) is 0. The molecule has 6 heteroatoms. The predicted octanol–water partition coefficient (Wildman–Crippen LogP) is 0.598. The van der Waals surface area contributed by atoms with Crippen molar-refractivity contribution in [2.45, 2.75) is 0 Å². The zero-order valence-corrected chi connectivity index (χ0v) is 5.23. The van der Waals surface area contributed by atoms with Crippen molar-refractivity contribution >= 4 is 0 Å². The summed E-state index contributed by atoms with van der Waals surface area (Å²) in [6.07, 6.45) is 0. The van der Waals surface area contributed by atoms with Crippen molar-refractivity contribution < 1.29 is 47.2 Å². The van der Waals surface area contributed by atoms with Crippen LogP contribution in [-0.4, -0.2) is 0 Å². The number of hydrogen-bond donors (Lipinski definition) is 0. The Morgan fingerprint density at radius 2 is 1.17 bits per heavy atom. The van der Waals surface area contributed by atoms with Gasteiger partial charge in [-0.3, -0.25) is 0 Å². The second kappa shape index (κ2) is 2.78. The summed E-state index contributed by atoms with van der Waals surface area (Å²) in [5.74, 6) is 0. The molecule has 0 amide bonds. The van der Waals surface area contributed by atoms with Crippen LogP contribution in [0.5, 0.6) is 0 Å². The van der Waals surface area contributed by atoms with Crippen LogP contribution in [0.4, 0.5) is 6.32 Å². The average molecular weight is 229 g/mol. The van der Waals surface area contributed by atoms with Gasteiger partial charge in [-0.25, -0.2) is 0 Å². The summed E-state index contributed by atoms with van der Waals surface area (Å²) in [4.78, 5) is 0. The van der Waals surface area contributed by atoms with Crippen molar-refractivity contribution in [2.24, 2.45) is 0 Å². The van der Waals surface area contributed by atoms with Gasteiger partial charge >= 0.3 is 30.1 Å². The van der Waals surface area contributed by atoms with Crippen LogP contribution in [0.3, 0.4) is 0 Å². The van der Waals surface area contributed by atoms with E-state index in [9.17, 15) is 6.32 Å². The molecule has 6 heavy (non-hydrogen) atoms. The van der Waals surface area contributed by atoms with E-state index in [1.165, 1.54) is 0 Å². The van der Waals surface area contributed by atoms with Crippen LogP contribution in [0.25, 0.3) is 0 Å². The van der Waals surface area contributed by atoms with Crippen LogP contribution in [0, 0.1) is 0 Å². The van der Waals surface area contributed by atoms with Crippen molar-refractivity contribution in [3.8, 4) is 0 Å². The molecule has 0 bridgehead atoms. The fourth-order valence-electron chi connectivity index (χ4n) is 0. The first-order valence-electron chi connectivity index (χ1n) is 0.642. The van der Waals surface area contributed by atoms with Gasteiger partial charge in [0, 0.05) is 17.1 Å². The van der Waals surface area contributed by atoms with Crippen molar-refractivity contribution in [3.63, 3.8) is 0 Å². The molecule has 0 unspecified atom stereocenters. The number of hydrogen-bond acceptors (Lipinski definition) is 2. The van der Waals surface area contributed by atoms with E-state index in [2.05, 4.69) is 0 Å². The fraction of sp³-hybridized carbons (Fsp3) is 0. The standard InChI is InChI=1S/Cu.2FH.Mo.2O/h;2*1H;;;/q;;;+2;;/p-2. The average Bonchev–Trinajstić information content (AvgIpc) is 0.722. The molecule has 0 heterocycles. The van der Waals surface area contributed by atoms with Gasteiger partial charge in [0.05, 0.1) is 0 Å². The molecular weight excluding hydrogens is 229 g/mol. The van der Waals surface area contributed by atoms with Gasteiger partial charge < -0.3 is 0 Å². The summed E-state index contributed by atoms with van der Waals surface area (Å²) < 4.78 is 37.0. The van der Waals surface area contributed by atoms with Gasteiger partial charge in [-0.05, 0) is 0 Å².